The topological polar surface area (TPSA) is 120 Å². The molecular formula is C25H31FN4O4. The summed E-state index contributed by atoms with van der Waals surface area (Å²) in [5.74, 6) is -1.64. The van der Waals surface area contributed by atoms with Crippen LogP contribution in [0.1, 0.15) is 62.4 Å². The number of benzene rings is 1. The molecule has 9 heteroatoms. The summed E-state index contributed by atoms with van der Waals surface area (Å²) in [6, 6.07) is 4.50. The zero-order valence-electron chi connectivity index (χ0n) is 19.3. The van der Waals surface area contributed by atoms with E-state index in [1.54, 1.807) is 25.1 Å². The number of hydrogen-bond donors (Lipinski definition) is 4. The van der Waals surface area contributed by atoms with Crippen molar-refractivity contribution < 1.29 is 23.6 Å². The minimum atomic E-state index is -0.830. The van der Waals surface area contributed by atoms with Gasteiger partial charge in [-0.2, -0.15) is 0 Å². The molecule has 2 aromatic rings. The van der Waals surface area contributed by atoms with E-state index >= 15 is 0 Å². The normalized spacial score (nSPS) is 19.8. The molecule has 3 atom stereocenters. The molecule has 0 unspecified atom stereocenters. The fourth-order valence-electron chi connectivity index (χ4n) is 4.53. The molecule has 0 spiro atoms. The SMILES string of the molecule is CCC(=O)[C@H](C[C@@H]1CCCNC1=O)NC(=O)[C@H](CC1CC1)NC(=O)c1cc2cccc(F)c2[nH]1. The highest BCUT2D eigenvalue weighted by molar-refractivity contribution is 6.01. The van der Waals surface area contributed by atoms with Gasteiger partial charge in [0.05, 0.1) is 11.6 Å². The van der Waals surface area contributed by atoms with Gasteiger partial charge in [0.2, 0.25) is 11.8 Å². The molecule has 0 radical (unpaired) electrons. The Hall–Kier alpha value is -3.23. The first-order valence-corrected chi connectivity index (χ1v) is 12.0. The summed E-state index contributed by atoms with van der Waals surface area (Å²) in [5.41, 5.74) is 0.393. The zero-order valence-corrected chi connectivity index (χ0v) is 19.3. The molecule has 2 aliphatic rings. The van der Waals surface area contributed by atoms with E-state index < -0.39 is 29.7 Å². The van der Waals surface area contributed by atoms with Crippen molar-refractivity contribution >= 4 is 34.4 Å². The molecule has 1 aromatic carbocycles. The van der Waals surface area contributed by atoms with E-state index in [9.17, 15) is 23.6 Å². The fraction of sp³-hybridized carbons (Fsp3) is 0.520. The van der Waals surface area contributed by atoms with E-state index in [2.05, 4.69) is 20.9 Å². The molecule has 1 saturated heterocycles. The minimum Gasteiger partial charge on any atom is -0.356 e. The first kappa shape index (κ1) is 23.9. The van der Waals surface area contributed by atoms with Crippen LogP contribution in [0.4, 0.5) is 4.39 Å². The maximum Gasteiger partial charge on any atom is 0.268 e. The second-order valence-electron chi connectivity index (χ2n) is 9.34. The van der Waals surface area contributed by atoms with Gasteiger partial charge in [0, 0.05) is 24.3 Å². The molecule has 1 aliphatic carbocycles. The highest BCUT2D eigenvalue weighted by atomic mass is 19.1. The molecular weight excluding hydrogens is 439 g/mol. The lowest BCUT2D eigenvalue weighted by atomic mass is 9.89. The van der Waals surface area contributed by atoms with Crippen LogP contribution in [0, 0.1) is 17.7 Å². The monoisotopic (exact) mass is 470 g/mol. The van der Waals surface area contributed by atoms with E-state index in [1.165, 1.54) is 6.07 Å². The van der Waals surface area contributed by atoms with Crippen LogP contribution in [0.3, 0.4) is 0 Å². The Bertz CT molecular complexity index is 1090. The van der Waals surface area contributed by atoms with Crippen molar-refractivity contribution in [2.45, 2.75) is 64.0 Å². The third-order valence-corrected chi connectivity index (χ3v) is 6.71. The first-order chi connectivity index (χ1) is 16.4. The van der Waals surface area contributed by atoms with E-state index in [-0.39, 0.29) is 41.7 Å². The van der Waals surface area contributed by atoms with Crippen molar-refractivity contribution in [3.05, 3.63) is 35.8 Å². The van der Waals surface area contributed by atoms with Crippen molar-refractivity contribution in [2.75, 3.05) is 6.54 Å². The Morgan fingerprint density at radius 3 is 2.59 bits per heavy atom. The van der Waals surface area contributed by atoms with Crippen LogP contribution in [0.2, 0.25) is 0 Å². The average Bonchev–Trinajstić information content (AvgIpc) is 3.53. The molecule has 3 amide bonds. The van der Waals surface area contributed by atoms with Crippen LogP contribution in [-0.2, 0) is 14.4 Å². The summed E-state index contributed by atoms with van der Waals surface area (Å²) < 4.78 is 14.0. The fourth-order valence-corrected chi connectivity index (χ4v) is 4.53. The maximum atomic E-state index is 14.0. The number of Topliss-reactive ketones (excluding diaryl/α,β-unsaturated/α-hetero) is 1. The molecule has 34 heavy (non-hydrogen) atoms. The average molecular weight is 471 g/mol. The van der Waals surface area contributed by atoms with Gasteiger partial charge < -0.3 is 20.9 Å². The lowest BCUT2D eigenvalue weighted by Crippen LogP contribution is -2.53. The molecule has 1 saturated carbocycles. The van der Waals surface area contributed by atoms with Gasteiger partial charge in [-0.25, -0.2) is 4.39 Å². The van der Waals surface area contributed by atoms with Crippen LogP contribution in [0.25, 0.3) is 10.9 Å². The number of piperidine rings is 1. The third kappa shape index (κ3) is 5.63. The maximum absolute atomic E-state index is 14.0. The van der Waals surface area contributed by atoms with Crippen molar-refractivity contribution in [2.24, 2.45) is 11.8 Å². The van der Waals surface area contributed by atoms with Gasteiger partial charge in [0.1, 0.15) is 17.6 Å². The number of carbonyl (C=O) groups is 4. The molecule has 2 heterocycles. The smallest absolute Gasteiger partial charge is 0.268 e. The van der Waals surface area contributed by atoms with Crippen molar-refractivity contribution in [3.8, 4) is 0 Å². The van der Waals surface area contributed by atoms with Gasteiger partial charge in [0.25, 0.3) is 5.91 Å². The van der Waals surface area contributed by atoms with Crippen molar-refractivity contribution in [1.29, 1.82) is 0 Å². The number of ketones is 1. The number of nitrogens with one attached hydrogen (secondary N) is 4. The molecule has 4 N–H and O–H groups in total. The minimum absolute atomic E-state index is 0.0942. The highest BCUT2D eigenvalue weighted by Gasteiger charge is 2.34. The predicted octanol–water partition coefficient (Wildman–Crippen LogP) is 2.59. The molecule has 4 rings (SSSR count). The largest absolute Gasteiger partial charge is 0.356 e. The quantitative estimate of drug-likeness (QED) is 0.427. The van der Waals surface area contributed by atoms with Gasteiger partial charge in [-0.1, -0.05) is 31.9 Å². The Kier molecular flexibility index (Phi) is 7.29. The summed E-state index contributed by atoms with van der Waals surface area (Å²) in [5, 5.41) is 8.95. The van der Waals surface area contributed by atoms with Crippen LogP contribution in [-0.4, -0.2) is 47.1 Å². The molecule has 0 bridgehead atoms. The molecule has 1 aromatic heterocycles. The van der Waals surface area contributed by atoms with E-state index in [1.807, 2.05) is 0 Å². The Morgan fingerprint density at radius 1 is 1.12 bits per heavy atom. The second kappa shape index (κ2) is 10.4. The van der Waals surface area contributed by atoms with Gasteiger partial charge >= 0.3 is 0 Å². The summed E-state index contributed by atoms with van der Waals surface area (Å²) in [6.45, 7) is 2.35. The first-order valence-electron chi connectivity index (χ1n) is 12.0. The number of halogens is 1. The number of hydrogen-bond acceptors (Lipinski definition) is 4. The van der Waals surface area contributed by atoms with Crippen molar-refractivity contribution in [1.82, 2.24) is 20.9 Å². The highest BCUT2D eigenvalue weighted by Crippen LogP contribution is 2.33. The molecule has 1 aliphatic heterocycles. The number of rotatable bonds is 10. The Balaban J connectivity index is 1.46. The number of H-pyrrole nitrogens is 1. The second-order valence-corrected chi connectivity index (χ2v) is 9.34. The molecule has 8 nitrogen and oxygen atoms in total. The zero-order chi connectivity index (χ0) is 24.2. The molecule has 2 fully saturated rings. The predicted molar refractivity (Wildman–Crippen MR) is 124 cm³/mol. The van der Waals surface area contributed by atoms with Crippen LogP contribution in [0.5, 0.6) is 0 Å². The van der Waals surface area contributed by atoms with Crippen LogP contribution in [0.15, 0.2) is 24.3 Å². The standard InChI is InChI=1S/C25H31FN4O4/c1-2-21(31)18(13-16-6-4-10-27-23(16)32)29-24(33)19(11-14-8-9-14)30-25(34)20-12-15-5-3-7-17(26)22(15)28-20/h3,5,7,12,14,16,18-19,28H,2,4,6,8-11,13H2,1H3,(H,27,32)(H,29,33)(H,30,34)/t16-,18-,19-/m0/s1. The van der Waals surface area contributed by atoms with Gasteiger partial charge in [-0.3, -0.25) is 19.2 Å². The van der Waals surface area contributed by atoms with E-state index in [4.69, 9.17) is 0 Å². The van der Waals surface area contributed by atoms with Gasteiger partial charge in [0.15, 0.2) is 5.78 Å². The lowest BCUT2D eigenvalue weighted by Gasteiger charge is -2.27. The number of fused-ring (bicyclic) bond motifs is 1. The molecule has 182 valence electrons. The number of aromatic amines is 1. The van der Waals surface area contributed by atoms with Crippen molar-refractivity contribution in [3.63, 3.8) is 0 Å². The van der Waals surface area contributed by atoms with Crippen LogP contribution >= 0.6 is 0 Å². The van der Waals surface area contributed by atoms with Gasteiger partial charge in [-0.05, 0) is 43.7 Å². The number of amides is 3. The summed E-state index contributed by atoms with van der Waals surface area (Å²) in [6.07, 6.45) is 4.42. The summed E-state index contributed by atoms with van der Waals surface area (Å²) in [7, 11) is 0. The van der Waals surface area contributed by atoms with Crippen LogP contribution < -0.4 is 16.0 Å². The number of carbonyl (C=O) groups excluding carboxylic acids is 4. The number of para-hydroxylation sites is 1. The Labute approximate surface area is 197 Å². The number of aromatic nitrogens is 1. The van der Waals surface area contributed by atoms with E-state index in [0.29, 0.717) is 30.7 Å². The van der Waals surface area contributed by atoms with Gasteiger partial charge in [-0.15, -0.1) is 0 Å². The summed E-state index contributed by atoms with van der Waals surface area (Å²) in [4.78, 5) is 53.7. The lowest BCUT2D eigenvalue weighted by molar-refractivity contribution is -0.131. The van der Waals surface area contributed by atoms with E-state index in [0.717, 1.165) is 19.3 Å². The Morgan fingerprint density at radius 2 is 1.91 bits per heavy atom. The third-order valence-electron chi connectivity index (χ3n) is 6.71. The summed E-state index contributed by atoms with van der Waals surface area (Å²) >= 11 is 0.